The number of hydrogen-bond donors (Lipinski definition) is 1. The van der Waals surface area contributed by atoms with E-state index in [0.717, 1.165) is 6.42 Å². The Balaban J connectivity index is 2.46. The third-order valence-corrected chi connectivity index (χ3v) is 1.86. The predicted molar refractivity (Wildman–Crippen MR) is 40.4 cm³/mol. The van der Waals surface area contributed by atoms with Crippen LogP contribution >= 0.6 is 0 Å². The van der Waals surface area contributed by atoms with Gasteiger partial charge in [0.25, 0.3) is 0 Å². The lowest BCUT2D eigenvalue weighted by molar-refractivity contribution is 0.578. The second kappa shape index (κ2) is 3.07. The zero-order valence-electron chi connectivity index (χ0n) is 5.93. The van der Waals surface area contributed by atoms with Gasteiger partial charge in [-0.25, -0.2) is 0 Å². The summed E-state index contributed by atoms with van der Waals surface area (Å²) in [7, 11) is 0. The predicted octanol–water partition coefficient (Wildman–Crippen LogP) is 1.64. The molecule has 0 radical (unpaired) electrons. The van der Waals surface area contributed by atoms with Crippen molar-refractivity contribution in [1.29, 1.82) is 0 Å². The van der Waals surface area contributed by atoms with Gasteiger partial charge in [-0.1, -0.05) is 18.4 Å². The van der Waals surface area contributed by atoms with E-state index in [1.165, 1.54) is 24.7 Å². The average molecular weight is 124 g/mol. The molecular weight excluding hydrogens is 111 g/mol. The van der Waals surface area contributed by atoms with Crippen molar-refractivity contribution >= 4 is 6.92 Å². The van der Waals surface area contributed by atoms with Crippen LogP contribution in [0.25, 0.3) is 0 Å². The second-order valence-electron chi connectivity index (χ2n) is 2.70. The van der Waals surface area contributed by atoms with Gasteiger partial charge in [0.05, 0.1) is 0 Å². The molecule has 0 aromatic heterocycles. The summed E-state index contributed by atoms with van der Waals surface area (Å²) >= 11 is 0. The topological polar surface area (TPSA) is 20.2 Å². The van der Waals surface area contributed by atoms with Crippen LogP contribution in [0.2, 0.25) is 6.82 Å². The summed E-state index contributed by atoms with van der Waals surface area (Å²) in [5.74, 6) is 0. The maximum Gasteiger partial charge on any atom is 0.315 e. The van der Waals surface area contributed by atoms with Crippen LogP contribution in [0.5, 0.6) is 0 Å². The quantitative estimate of drug-likeness (QED) is 0.526. The first kappa shape index (κ1) is 6.88. The summed E-state index contributed by atoms with van der Waals surface area (Å²) in [4.78, 5) is 0. The molecule has 1 nitrogen and oxygen atoms in total. The molecule has 0 fully saturated rings. The summed E-state index contributed by atoms with van der Waals surface area (Å²) in [5.41, 5.74) is 1.24. The lowest BCUT2D eigenvalue weighted by Crippen LogP contribution is -2.12. The van der Waals surface area contributed by atoms with Gasteiger partial charge in [-0.15, -0.1) is 0 Å². The number of allylic oxidation sites excluding steroid dienone is 2. The van der Waals surface area contributed by atoms with Crippen molar-refractivity contribution < 1.29 is 5.02 Å². The maximum absolute atomic E-state index is 9.11. The average Bonchev–Trinajstić information content (AvgIpc) is 1.90. The van der Waals surface area contributed by atoms with Crippen molar-refractivity contribution in [3.8, 4) is 0 Å². The van der Waals surface area contributed by atoms with Crippen LogP contribution in [0.15, 0.2) is 11.5 Å². The fourth-order valence-corrected chi connectivity index (χ4v) is 1.24. The molecule has 1 N–H and O–H groups in total. The Labute approximate surface area is 56.9 Å². The molecule has 0 aliphatic heterocycles. The highest BCUT2D eigenvalue weighted by Gasteiger charge is 2.11. The SMILES string of the molecule is CB(O)C1=CCCCC1. The molecular formula is C7H13BO. The van der Waals surface area contributed by atoms with Gasteiger partial charge in [0.2, 0.25) is 0 Å². The molecule has 0 spiro atoms. The second-order valence-corrected chi connectivity index (χ2v) is 2.70. The van der Waals surface area contributed by atoms with E-state index in [1.807, 2.05) is 6.82 Å². The zero-order valence-corrected chi connectivity index (χ0v) is 5.93. The van der Waals surface area contributed by atoms with Crippen molar-refractivity contribution in [3.05, 3.63) is 11.5 Å². The monoisotopic (exact) mass is 124 g/mol. The Hall–Kier alpha value is -0.235. The van der Waals surface area contributed by atoms with E-state index >= 15 is 0 Å². The van der Waals surface area contributed by atoms with E-state index < -0.39 is 0 Å². The first-order chi connectivity index (χ1) is 4.30. The largest absolute Gasteiger partial charge is 0.447 e. The van der Waals surface area contributed by atoms with Gasteiger partial charge in [-0.05, 0) is 25.7 Å². The maximum atomic E-state index is 9.11. The van der Waals surface area contributed by atoms with Gasteiger partial charge in [0, 0.05) is 0 Å². The van der Waals surface area contributed by atoms with Gasteiger partial charge in [-0.3, -0.25) is 0 Å². The van der Waals surface area contributed by atoms with Crippen molar-refractivity contribution in [1.82, 2.24) is 0 Å². The molecule has 0 heterocycles. The molecule has 50 valence electrons. The standard InChI is InChI=1S/C7H13BO/c1-8(9)7-5-3-2-4-6-7/h5,9H,2-4,6H2,1H3. The van der Waals surface area contributed by atoms with E-state index in [2.05, 4.69) is 6.08 Å². The summed E-state index contributed by atoms with van der Waals surface area (Å²) in [6, 6.07) is 0. The smallest absolute Gasteiger partial charge is 0.315 e. The minimum absolute atomic E-state index is 0.203. The van der Waals surface area contributed by atoms with Crippen molar-refractivity contribution in [3.63, 3.8) is 0 Å². The highest BCUT2D eigenvalue weighted by Crippen LogP contribution is 2.18. The molecule has 0 amide bonds. The van der Waals surface area contributed by atoms with Gasteiger partial charge < -0.3 is 5.02 Å². The van der Waals surface area contributed by atoms with E-state index in [1.54, 1.807) is 0 Å². The van der Waals surface area contributed by atoms with Gasteiger partial charge >= 0.3 is 6.92 Å². The summed E-state index contributed by atoms with van der Waals surface area (Å²) in [6.07, 6.45) is 7.01. The molecule has 1 aliphatic rings. The molecule has 1 aliphatic carbocycles. The third kappa shape index (κ3) is 1.86. The normalized spacial score (nSPS) is 19.1. The van der Waals surface area contributed by atoms with Crippen molar-refractivity contribution in [2.24, 2.45) is 0 Å². The molecule has 0 saturated carbocycles. The van der Waals surface area contributed by atoms with E-state index in [0.29, 0.717) is 0 Å². The molecule has 1 rings (SSSR count). The van der Waals surface area contributed by atoms with Crippen molar-refractivity contribution in [2.75, 3.05) is 0 Å². The van der Waals surface area contributed by atoms with E-state index in [4.69, 9.17) is 5.02 Å². The fourth-order valence-electron chi connectivity index (χ4n) is 1.24. The first-order valence-electron chi connectivity index (χ1n) is 3.67. The molecule has 0 atom stereocenters. The van der Waals surface area contributed by atoms with Crippen LogP contribution in [-0.4, -0.2) is 11.9 Å². The molecule has 2 heteroatoms. The molecule has 0 bridgehead atoms. The Kier molecular flexibility index (Phi) is 2.34. The van der Waals surface area contributed by atoms with Crippen LogP contribution in [0.3, 0.4) is 0 Å². The van der Waals surface area contributed by atoms with Crippen LogP contribution in [0, 0.1) is 0 Å². The van der Waals surface area contributed by atoms with Crippen molar-refractivity contribution in [2.45, 2.75) is 32.5 Å². The third-order valence-electron chi connectivity index (χ3n) is 1.86. The van der Waals surface area contributed by atoms with Gasteiger partial charge in [-0.2, -0.15) is 0 Å². The summed E-state index contributed by atoms with van der Waals surface area (Å²) < 4.78 is 0. The highest BCUT2D eigenvalue weighted by molar-refractivity contribution is 6.57. The molecule has 0 unspecified atom stereocenters. The Morgan fingerprint density at radius 3 is 2.67 bits per heavy atom. The molecule has 0 aromatic rings. The zero-order chi connectivity index (χ0) is 6.69. The lowest BCUT2D eigenvalue weighted by atomic mass is 9.60. The highest BCUT2D eigenvalue weighted by atomic mass is 16.2. The number of rotatable bonds is 1. The van der Waals surface area contributed by atoms with Crippen LogP contribution in [0.4, 0.5) is 0 Å². The molecule has 9 heavy (non-hydrogen) atoms. The van der Waals surface area contributed by atoms with Gasteiger partial charge in [0.15, 0.2) is 0 Å². The van der Waals surface area contributed by atoms with Crippen LogP contribution in [0.1, 0.15) is 25.7 Å². The minimum Gasteiger partial charge on any atom is -0.447 e. The molecule has 0 aromatic carbocycles. The van der Waals surface area contributed by atoms with Crippen LogP contribution < -0.4 is 0 Å². The summed E-state index contributed by atoms with van der Waals surface area (Å²) in [5, 5.41) is 9.11. The lowest BCUT2D eigenvalue weighted by Gasteiger charge is -2.11. The van der Waals surface area contributed by atoms with E-state index in [9.17, 15) is 0 Å². The molecule has 0 saturated heterocycles. The Morgan fingerprint density at radius 1 is 1.56 bits per heavy atom. The van der Waals surface area contributed by atoms with E-state index in [-0.39, 0.29) is 6.92 Å². The first-order valence-corrected chi connectivity index (χ1v) is 3.67. The Bertz CT molecular complexity index is 118. The minimum atomic E-state index is -0.203. The number of hydrogen-bond acceptors (Lipinski definition) is 1. The van der Waals surface area contributed by atoms with Crippen LogP contribution in [-0.2, 0) is 0 Å². The summed E-state index contributed by atoms with van der Waals surface area (Å²) in [6.45, 7) is 1.64. The Morgan fingerprint density at radius 2 is 2.33 bits per heavy atom. The van der Waals surface area contributed by atoms with Gasteiger partial charge in [0.1, 0.15) is 0 Å². The fraction of sp³-hybridized carbons (Fsp3) is 0.714.